The fourth-order valence-corrected chi connectivity index (χ4v) is 3.10. The normalized spacial score (nSPS) is 24.2. The molecule has 18 heavy (non-hydrogen) atoms. The number of rotatable bonds is 4. The van der Waals surface area contributed by atoms with Crippen LogP contribution in [0.2, 0.25) is 5.02 Å². The summed E-state index contributed by atoms with van der Waals surface area (Å²) < 4.78 is 0. The van der Waals surface area contributed by atoms with Gasteiger partial charge in [0.2, 0.25) is 0 Å². The number of hydrogen-bond donors (Lipinski definition) is 0. The maximum absolute atomic E-state index is 12.0. The number of hydrogen-bond acceptors (Lipinski definition) is 2. The zero-order valence-corrected chi connectivity index (χ0v) is 11.6. The van der Waals surface area contributed by atoms with Gasteiger partial charge in [-0.25, -0.2) is 0 Å². The SMILES string of the molecule is CCCC1CCC(=O)C(Cc2ccncc2Cl)C1. The highest BCUT2D eigenvalue weighted by molar-refractivity contribution is 6.31. The van der Waals surface area contributed by atoms with Crippen molar-refractivity contribution in [3.05, 3.63) is 29.0 Å². The Morgan fingerprint density at radius 3 is 3.06 bits per heavy atom. The van der Waals surface area contributed by atoms with E-state index in [1.165, 1.54) is 12.8 Å². The predicted molar refractivity (Wildman–Crippen MR) is 73.7 cm³/mol. The van der Waals surface area contributed by atoms with Gasteiger partial charge in [-0.2, -0.15) is 0 Å². The molecule has 2 nitrogen and oxygen atoms in total. The summed E-state index contributed by atoms with van der Waals surface area (Å²) in [6, 6.07) is 1.93. The average molecular weight is 266 g/mol. The van der Waals surface area contributed by atoms with E-state index in [9.17, 15) is 4.79 Å². The summed E-state index contributed by atoms with van der Waals surface area (Å²) in [5, 5.41) is 0.683. The van der Waals surface area contributed by atoms with Gasteiger partial charge in [-0.05, 0) is 36.8 Å². The molecule has 1 aromatic rings. The third-order valence-electron chi connectivity index (χ3n) is 3.89. The van der Waals surface area contributed by atoms with Gasteiger partial charge in [0.15, 0.2) is 0 Å². The maximum atomic E-state index is 12.0. The van der Waals surface area contributed by atoms with Crippen LogP contribution in [0.25, 0.3) is 0 Å². The monoisotopic (exact) mass is 265 g/mol. The number of Topliss-reactive ketones (excluding diaryl/α,β-unsaturated/α-hetero) is 1. The van der Waals surface area contributed by atoms with Crippen molar-refractivity contribution in [2.75, 3.05) is 0 Å². The van der Waals surface area contributed by atoms with Gasteiger partial charge in [0, 0.05) is 24.7 Å². The zero-order chi connectivity index (χ0) is 13.0. The molecule has 1 heterocycles. The first-order chi connectivity index (χ1) is 8.70. The first kappa shape index (κ1) is 13.5. The second-order valence-corrected chi connectivity index (χ2v) is 5.67. The van der Waals surface area contributed by atoms with Gasteiger partial charge in [0.1, 0.15) is 5.78 Å². The number of halogens is 1. The Morgan fingerprint density at radius 2 is 2.33 bits per heavy atom. The number of nitrogens with zero attached hydrogens (tertiary/aromatic N) is 1. The minimum atomic E-state index is 0.162. The van der Waals surface area contributed by atoms with Crippen LogP contribution < -0.4 is 0 Å². The second-order valence-electron chi connectivity index (χ2n) is 5.26. The topological polar surface area (TPSA) is 30.0 Å². The molecular weight excluding hydrogens is 246 g/mol. The van der Waals surface area contributed by atoms with Crippen molar-refractivity contribution >= 4 is 17.4 Å². The lowest BCUT2D eigenvalue weighted by Gasteiger charge is -2.28. The van der Waals surface area contributed by atoms with Crippen LogP contribution in [-0.4, -0.2) is 10.8 Å². The summed E-state index contributed by atoms with van der Waals surface area (Å²) in [5.41, 5.74) is 1.06. The maximum Gasteiger partial charge on any atom is 0.136 e. The number of ketones is 1. The molecule has 1 aliphatic carbocycles. The van der Waals surface area contributed by atoms with Crippen LogP contribution in [0.1, 0.15) is 44.6 Å². The smallest absolute Gasteiger partial charge is 0.136 e. The van der Waals surface area contributed by atoms with Crippen molar-refractivity contribution in [2.24, 2.45) is 11.8 Å². The number of aromatic nitrogens is 1. The van der Waals surface area contributed by atoms with Crippen molar-refractivity contribution in [3.63, 3.8) is 0 Å². The highest BCUT2D eigenvalue weighted by Gasteiger charge is 2.28. The van der Waals surface area contributed by atoms with E-state index in [2.05, 4.69) is 11.9 Å². The molecule has 0 bridgehead atoms. The van der Waals surface area contributed by atoms with Crippen LogP contribution >= 0.6 is 11.6 Å². The van der Waals surface area contributed by atoms with E-state index in [-0.39, 0.29) is 5.92 Å². The van der Waals surface area contributed by atoms with Crippen molar-refractivity contribution in [1.82, 2.24) is 4.98 Å². The molecule has 0 aromatic carbocycles. The van der Waals surface area contributed by atoms with Gasteiger partial charge in [-0.3, -0.25) is 9.78 Å². The van der Waals surface area contributed by atoms with Gasteiger partial charge in [0.25, 0.3) is 0 Å². The Kier molecular flexibility index (Phi) is 4.76. The molecule has 0 aliphatic heterocycles. The van der Waals surface area contributed by atoms with Crippen LogP contribution in [0.3, 0.4) is 0 Å². The molecule has 98 valence electrons. The van der Waals surface area contributed by atoms with Gasteiger partial charge >= 0.3 is 0 Å². The summed E-state index contributed by atoms with van der Waals surface area (Å²) in [4.78, 5) is 16.0. The van der Waals surface area contributed by atoms with Gasteiger partial charge in [-0.15, -0.1) is 0 Å². The largest absolute Gasteiger partial charge is 0.299 e. The number of carbonyl (C=O) groups is 1. The second kappa shape index (κ2) is 6.33. The molecule has 1 aromatic heterocycles. The molecule has 3 heteroatoms. The fraction of sp³-hybridized carbons (Fsp3) is 0.600. The van der Waals surface area contributed by atoms with Gasteiger partial charge in [0.05, 0.1) is 5.02 Å². The van der Waals surface area contributed by atoms with Crippen LogP contribution in [0.4, 0.5) is 0 Å². The van der Waals surface area contributed by atoms with E-state index in [0.29, 0.717) is 10.8 Å². The molecule has 2 rings (SSSR count). The van der Waals surface area contributed by atoms with E-state index >= 15 is 0 Å². The fourth-order valence-electron chi connectivity index (χ4n) is 2.90. The molecule has 1 aliphatic rings. The molecule has 1 saturated carbocycles. The first-order valence-electron chi connectivity index (χ1n) is 6.81. The van der Waals surface area contributed by atoms with Gasteiger partial charge < -0.3 is 0 Å². The lowest BCUT2D eigenvalue weighted by Crippen LogP contribution is -2.26. The van der Waals surface area contributed by atoms with Gasteiger partial charge in [-0.1, -0.05) is 31.4 Å². The molecule has 0 N–H and O–H groups in total. The minimum absolute atomic E-state index is 0.162. The number of carbonyl (C=O) groups excluding carboxylic acids is 1. The summed E-state index contributed by atoms with van der Waals surface area (Å²) in [5.74, 6) is 1.30. The Bertz CT molecular complexity index is 419. The molecule has 0 spiro atoms. The molecule has 2 unspecified atom stereocenters. The lowest BCUT2D eigenvalue weighted by atomic mass is 9.76. The molecule has 2 atom stereocenters. The van der Waals surface area contributed by atoms with Crippen molar-refractivity contribution < 1.29 is 4.79 Å². The van der Waals surface area contributed by atoms with Crippen molar-refractivity contribution in [2.45, 2.75) is 45.4 Å². The average Bonchev–Trinajstić information content (AvgIpc) is 2.36. The highest BCUT2D eigenvalue weighted by atomic mass is 35.5. The zero-order valence-electron chi connectivity index (χ0n) is 10.9. The minimum Gasteiger partial charge on any atom is -0.299 e. The van der Waals surface area contributed by atoms with Crippen LogP contribution in [0, 0.1) is 11.8 Å². The highest BCUT2D eigenvalue weighted by Crippen LogP contribution is 2.32. The summed E-state index contributed by atoms with van der Waals surface area (Å²) >= 11 is 6.11. The van der Waals surface area contributed by atoms with E-state index in [1.807, 2.05) is 6.07 Å². The summed E-state index contributed by atoms with van der Waals surface area (Å²) in [6.07, 6.45) is 9.50. The quantitative estimate of drug-likeness (QED) is 0.822. The van der Waals surface area contributed by atoms with Crippen molar-refractivity contribution in [1.29, 1.82) is 0 Å². The molecule has 0 amide bonds. The van der Waals surface area contributed by atoms with E-state index in [1.54, 1.807) is 12.4 Å². The Labute approximate surface area is 114 Å². The van der Waals surface area contributed by atoms with Crippen LogP contribution in [-0.2, 0) is 11.2 Å². The summed E-state index contributed by atoms with van der Waals surface area (Å²) in [6.45, 7) is 2.21. The lowest BCUT2D eigenvalue weighted by molar-refractivity contribution is -0.125. The third kappa shape index (κ3) is 3.32. The number of pyridine rings is 1. The standard InChI is InChI=1S/C15H20ClNO/c1-2-3-11-4-5-15(18)13(8-11)9-12-6-7-17-10-14(12)16/h6-7,10-11,13H,2-5,8-9H2,1H3. The van der Waals surface area contributed by atoms with E-state index < -0.39 is 0 Å². The molecule has 0 radical (unpaired) electrons. The van der Waals surface area contributed by atoms with Crippen LogP contribution in [0.5, 0.6) is 0 Å². The Balaban J connectivity index is 2.03. The van der Waals surface area contributed by atoms with Crippen LogP contribution in [0.15, 0.2) is 18.5 Å². The first-order valence-corrected chi connectivity index (χ1v) is 7.19. The molecule has 1 fully saturated rings. The van der Waals surface area contributed by atoms with E-state index in [4.69, 9.17) is 11.6 Å². The predicted octanol–water partition coefficient (Wildman–Crippen LogP) is 4.06. The molecular formula is C15H20ClNO. The third-order valence-corrected chi connectivity index (χ3v) is 4.23. The Morgan fingerprint density at radius 1 is 1.50 bits per heavy atom. The Hall–Kier alpha value is -0.890. The summed E-state index contributed by atoms with van der Waals surface area (Å²) in [7, 11) is 0. The van der Waals surface area contributed by atoms with Crippen molar-refractivity contribution in [3.8, 4) is 0 Å². The van der Waals surface area contributed by atoms with E-state index in [0.717, 1.165) is 37.2 Å². The molecule has 0 saturated heterocycles.